The van der Waals surface area contributed by atoms with Gasteiger partial charge in [0.15, 0.2) is 0 Å². The van der Waals surface area contributed by atoms with E-state index in [0.29, 0.717) is 17.1 Å². The van der Waals surface area contributed by atoms with Crippen LogP contribution in [-0.4, -0.2) is 18.1 Å². The minimum absolute atomic E-state index is 0.111. The molecule has 104 valence electrons. The molecule has 0 saturated heterocycles. The Morgan fingerprint density at radius 2 is 1.95 bits per heavy atom. The SMILES string of the molecule is COC(=O)c1ccnc(Nc2c(Cl)cc(F)cc2Cl)c1. The molecule has 4 nitrogen and oxygen atoms in total. The molecule has 0 aliphatic carbocycles. The van der Waals surface area contributed by atoms with E-state index in [9.17, 15) is 9.18 Å². The highest BCUT2D eigenvalue weighted by molar-refractivity contribution is 6.39. The number of nitrogens with one attached hydrogen (secondary N) is 1. The molecule has 0 atom stereocenters. The van der Waals surface area contributed by atoms with Gasteiger partial charge in [0, 0.05) is 6.20 Å². The zero-order valence-electron chi connectivity index (χ0n) is 10.3. The van der Waals surface area contributed by atoms with Gasteiger partial charge in [-0.2, -0.15) is 0 Å². The lowest BCUT2D eigenvalue weighted by molar-refractivity contribution is 0.0600. The molecule has 0 saturated carbocycles. The smallest absolute Gasteiger partial charge is 0.338 e. The molecule has 20 heavy (non-hydrogen) atoms. The first-order valence-electron chi connectivity index (χ1n) is 5.47. The molecule has 0 radical (unpaired) electrons. The number of pyridine rings is 1. The number of esters is 1. The van der Waals surface area contributed by atoms with Crippen LogP contribution in [0.25, 0.3) is 0 Å². The van der Waals surface area contributed by atoms with E-state index in [1.54, 1.807) is 0 Å². The standard InChI is InChI=1S/C13H9Cl2FN2O2/c1-20-13(19)7-2-3-17-11(4-7)18-12-9(14)5-8(16)6-10(12)15/h2-6H,1H3,(H,17,18). The van der Waals surface area contributed by atoms with Crippen molar-refractivity contribution in [1.82, 2.24) is 4.98 Å². The van der Waals surface area contributed by atoms with Crippen LogP contribution in [0.1, 0.15) is 10.4 Å². The molecule has 0 spiro atoms. The molecular weight excluding hydrogens is 306 g/mol. The van der Waals surface area contributed by atoms with E-state index in [-0.39, 0.29) is 10.0 Å². The van der Waals surface area contributed by atoms with Gasteiger partial charge in [0.2, 0.25) is 0 Å². The Morgan fingerprint density at radius 1 is 1.30 bits per heavy atom. The topological polar surface area (TPSA) is 51.2 Å². The van der Waals surface area contributed by atoms with Crippen molar-refractivity contribution in [2.24, 2.45) is 0 Å². The van der Waals surface area contributed by atoms with Crippen LogP contribution in [0.5, 0.6) is 0 Å². The van der Waals surface area contributed by atoms with Crippen molar-refractivity contribution >= 4 is 40.7 Å². The number of nitrogens with zero attached hydrogens (tertiary/aromatic N) is 1. The van der Waals surface area contributed by atoms with E-state index in [1.807, 2.05) is 0 Å². The molecule has 0 fully saturated rings. The molecular formula is C13H9Cl2FN2O2. The molecule has 0 bridgehead atoms. The Balaban J connectivity index is 2.33. The largest absolute Gasteiger partial charge is 0.465 e. The maximum Gasteiger partial charge on any atom is 0.338 e. The van der Waals surface area contributed by atoms with Gasteiger partial charge in [0.05, 0.1) is 28.4 Å². The number of methoxy groups -OCH3 is 1. The maximum absolute atomic E-state index is 13.1. The highest BCUT2D eigenvalue weighted by Gasteiger charge is 2.11. The van der Waals surface area contributed by atoms with E-state index < -0.39 is 11.8 Å². The quantitative estimate of drug-likeness (QED) is 0.868. The molecule has 0 aliphatic rings. The summed E-state index contributed by atoms with van der Waals surface area (Å²) in [6.07, 6.45) is 1.43. The first-order valence-corrected chi connectivity index (χ1v) is 6.23. The van der Waals surface area contributed by atoms with Crippen molar-refractivity contribution in [2.75, 3.05) is 12.4 Å². The summed E-state index contributed by atoms with van der Waals surface area (Å²) in [5, 5.41) is 3.06. The van der Waals surface area contributed by atoms with Crippen LogP contribution >= 0.6 is 23.2 Å². The monoisotopic (exact) mass is 314 g/mol. The Morgan fingerprint density at radius 3 is 2.55 bits per heavy atom. The molecule has 7 heteroatoms. The lowest BCUT2D eigenvalue weighted by atomic mass is 10.2. The third-order valence-corrected chi connectivity index (χ3v) is 3.04. The second-order valence-corrected chi connectivity index (χ2v) is 4.61. The number of ether oxygens (including phenoxy) is 1. The minimum Gasteiger partial charge on any atom is -0.465 e. The first kappa shape index (κ1) is 14.6. The summed E-state index contributed by atoms with van der Waals surface area (Å²) in [5.41, 5.74) is 0.628. The van der Waals surface area contributed by atoms with Crippen LogP contribution in [-0.2, 0) is 4.74 Å². The van der Waals surface area contributed by atoms with E-state index in [4.69, 9.17) is 23.2 Å². The van der Waals surface area contributed by atoms with Crippen LogP contribution in [0.4, 0.5) is 15.9 Å². The summed E-state index contributed by atoms with van der Waals surface area (Å²) in [7, 11) is 1.28. The van der Waals surface area contributed by atoms with Gasteiger partial charge in [-0.15, -0.1) is 0 Å². The summed E-state index contributed by atoms with van der Waals surface area (Å²) < 4.78 is 17.7. The summed E-state index contributed by atoms with van der Waals surface area (Å²) in [6, 6.07) is 5.23. The van der Waals surface area contributed by atoms with E-state index in [1.165, 1.54) is 25.4 Å². The fourth-order valence-corrected chi connectivity index (χ4v) is 2.09. The molecule has 1 N–H and O–H groups in total. The number of rotatable bonds is 3. The molecule has 1 aromatic heterocycles. The zero-order chi connectivity index (χ0) is 14.7. The van der Waals surface area contributed by atoms with Gasteiger partial charge in [-0.1, -0.05) is 23.2 Å². The predicted octanol–water partition coefficient (Wildman–Crippen LogP) is 4.06. The molecule has 0 aliphatic heterocycles. The molecule has 0 unspecified atom stereocenters. The normalized spacial score (nSPS) is 10.2. The van der Waals surface area contributed by atoms with Crippen LogP contribution in [0.2, 0.25) is 10.0 Å². The van der Waals surface area contributed by atoms with Crippen molar-refractivity contribution in [2.45, 2.75) is 0 Å². The Kier molecular flexibility index (Phi) is 4.42. The summed E-state index contributed by atoms with van der Waals surface area (Å²) in [5.74, 6) is -0.697. The lowest BCUT2D eigenvalue weighted by Gasteiger charge is -2.10. The zero-order valence-corrected chi connectivity index (χ0v) is 11.8. The van der Waals surface area contributed by atoms with Gasteiger partial charge in [0.1, 0.15) is 11.6 Å². The van der Waals surface area contributed by atoms with Crippen LogP contribution in [0.3, 0.4) is 0 Å². The van der Waals surface area contributed by atoms with Crippen molar-refractivity contribution < 1.29 is 13.9 Å². The summed E-state index contributed by atoms with van der Waals surface area (Å²) in [6.45, 7) is 0. The second kappa shape index (κ2) is 6.07. The molecule has 1 heterocycles. The molecule has 2 rings (SSSR count). The number of carbonyl (C=O) groups excluding carboxylic acids is 1. The highest BCUT2D eigenvalue weighted by Crippen LogP contribution is 2.33. The van der Waals surface area contributed by atoms with Crippen molar-refractivity contribution in [3.05, 3.63) is 51.9 Å². The van der Waals surface area contributed by atoms with Gasteiger partial charge in [-0.25, -0.2) is 14.2 Å². The minimum atomic E-state index is -0.540. The Labute approximate surface area is 124 Å². The van der Waals surface area contributed by atoms with Gasteiger partial charge in [-0.3, -0.25) is 0 Å². The average molecular weight is 315 g/mol. The van der Waals surface area contributed by atoms with Crippen molar-refractivity contribution in [1.29, 1.82) is 0 Å². The number of anilines is 2. The maximum atomic E-state index is 13.1. The van der Waals surface area contributed by atoms with Gasteiger partial charge < -0.3 is 10.1 Å². The predicted molar refractivity (Wildman–Crippen MR) is 75.3 cm³/mol. The average Bonchev–Trinajstić information content (AvgIpc) is 2.42. The molecule has 0 amide bonds. The van der Waals surface area contributed by atoms with Gasteiger partial charge in [-0.05, 0) is 24.3 Å². The van der Waals surface area contributed by atoms with Gasteiger partial charge in [0.25, 0.3) is 0 Å². The number of aromatic nitrogens is 1. The van der Waals surface area contributed by atoms with Crippen LogP contribution < -0.4 is 5.32 Å². The van der Waals surface area contributed by atoms with E-state index in [2.05, 4.69) is 15.0 Å². The molecule has 1 aromatic carbocycles. The van der Waals surface area contributed by atoms with Gasteiger partial charge >= 0.3 is 5.97 Å². The van der Waals surface area contributed by atoms with Crippen molar-refractivity contribution in [3.63, 3.8) is 0 Å². The lowest BCUT2D eigenvalue weighted by Crippen LogP contribution is -2.03. The fourth-order valence-electron chi connectivity index (χ4n) is 1.53. The number of carbonyl (C=O) groups is 1. The summed E-state index contributed by atoms with van der Waals surface area (Å²) >= 11 is 11.8. The van der Waals surface area contributed by atoms with Crippen LogP contribution in [0, 0.1) is 5.82 Å². The third-order valence-electron chi connectivity index (χ3n) is 2.44. The van der Waals surface area contributed by atoms with E-state index >= 15 is 0 Å². The highest BCUT2D eigenvalue weighted by atomic mass is 35.5. The fraction of sp³-hybridized carbons (Fsp3) is 0.0769. The number of halogens is 3. The number of hydrogen-bond donors (Lipinski definition) is 1. The Bertz CT molecular complexity index is 642. The second-order valence-electron chi connectivity index (χ2n) is 3.79. The summed E-state index contributed by atoms with van der Waals surface area (Å²) in [4.78, 5) is 15.4. The van der Waals surface area contributed by atoms with E-state index in [0.717, 1.165) is 12.1 Å². The number of hydrogen-bond acceptors (Lipinski definition) is 4. The Hall–Kier alpha value is -1.85. The third kappa shape index (κ3) is 3.18. The van der Waals surface area contributed by atoms with Crippen LogP contribution in [0.15, 0.2) is 30.5 Å². The number of benzene rings is 1. The van der Waals surface area contributed by atoms with Crippen molar-refractivity contribution in [3.8, 4) is 0 Å². The first-order chi connectivity index (χ1) is 9.51. The molecule has 2 aromatic rings.